The fourth-order valence-electron chi connectivity index (χ4n) is 0.675. The molecular weight excluding hydrogens is 240 g/mol. The first kappa shape index (κ1) is 14.6. The summed E-state index contributed by atoms with van der Waals surface area (Å²) in [6.45, 7) is 1.08. The number of carbonyl (C=O) groups excluding carboxylic acids is 2. The fraction of sp³-hybridized carbons (Fsp3) is 0.714. The summed E-state index contributed by atoms with van der Waals surface area (Å²) in [5.41, 5.74) is 0. The van der Waals surface area contributed by atoms with E-state index in [1.807, 2.05) is 0 Å². The lowest BCUT2D eigenvalue weighted by molar-refractivity contribution is -0.140. The molecule has 1 amide bonds. The van der Waals surface area contributed by atoms with Crippen molar-refractivity contribution in [1.82, 2.24) is 9.03 Å². The summed E-state index contributed by atoms with van der Waals surface area (Å²) in [5, 5.41) is 0. The average Bonchev–Trinajstić information content (AvgIpc) is 2.16. The van der Waals surface area contributed by atoms with Gasteiger partial charge in [0.1, 0.15) is 6.54 Å². The summed E-state index contributed by atoms with van der Waals surface area (Å²) < 4.78 is 33.7. The molecule has 0 saturated heterocycles. The molecule has 0 aromatic heterocycles. The first-order chi connectivity index (χ1) is 7.33. The number of nitrogens with zero attached hydrogens (tertiary/aromatic N) is 1. The molecule has 0 aliphatic carbocycles. The van der Waals surface area contributed by atoms with Crippen LogP contribution < -0.4 is 4.72 Å². The monoisotopic (exact) mass is 254 g/mol. The minimum atomic E-state index is -4.08. The molecule has 0 aromatic rings. The summed E-state index contributed by atoms with van der Waals surface area (Å²) in [4.78, 5) is 21.7. The van der Waals surface area contributed by atoms with Crippen molar-refractivity contribution in [1.29, 1.82) is 0 Å². The maximum absolute atomic E-state index is 11.4. The number of methoxy groups -OCH3 is 1. The van der Waals surface area contributed by atoms with Gasteiger partial charge in [0.15, 0.2) is 0 Å². The molecule has 0 heterocycles. The molecule has 0 bridgehead atoms. The number of esters is 1. The maximum atomic E-state index is 11.4. The van der Waals surface area contributed by atoms with Gasteiger partial charge < -0.3 is 9.47 Å². The van der Waals surface area contributed by atoms with Gasteiger partial charge in [0.2, 0.25) is 0 Å². The Labute approximate surface area is 93.7 Å². The van der Waals surface area contributed by atoms with E-state index in [-0.39, 0.29) is 6.61 Å². The third kappa shape index (κ3) is 4.94. The number of carbonyl (C=O) groups is 2. The minimum Gasteiger partial charge on any atom is -0.468 e. The minimum absolute atomic E-state index is 0.0437. The first-order valence-corrected chi connectivity index (χ1v) is 5.75. The summed E-state index contributed by atoms with van der Waals surface area (Å²) in [6.07, 6.45) is -1.10. The maximum Gasteiger partial charge on any atom is 0.421 e. The predicted octanol–water partition coefficient (Wildman–Crippen LogP) is -0.918. The van der Waals surface area contributed by atoms with Crippen LogP contribution in [-0.4, -0.2) is 52.1 Å². The van der Waals surface area contributed by atoms with Gasteiger partial charge in [-0.05, 0) is 6.92 Å². The van der Waals surface area contributed by atoms with Crippen LogP contribution in [0.3, 0.4) is 0 Å². The molecule has 8 nitrogen and oxygen atoms in total. The second-order valence-corrected chi connectivity index (χ2v) is 4.44. The zero-order valence-corrected chi connectivity index (χ0v) is 10.0. The van der Waals surface area contributed by atoms with Gasteiger partial charge in [-0.1, -0.05) is 0 Å². The van der Waals surface area contributed by atoms with Crippen LogP contribution >= 0.6 is 0 Å². The van der Waals surface area contributed by atoms with Gasteiger partial charge in [0, 0.05) is 7.05 Å². The van der Waals surface area contributed by atoms with Crippen LogP contribution in [0, 0.1) is 0 Å². The summed E-state index contributed by atoms with van der Waals surface area (Å²) in [5.74, 6) is -0.739. The normalized spacial score (nSPS) is 11.0. The average molecular weight is 254 g/mol. The topological polar surface area (TPSA) is 102 Å². The van der Waals surface area contributed by atoms with Gasteiger partial charge in [-0.15, -0.1) is 0 Å². The van der Waals surface area contributed by atoms with Crippen molar-refractivity contribution in [2.24, 2.45) is 0 Å². The highest BCUT2D eigenvalue weighted by atomic mass is 32.2. The first-order valence-electron chi connectivity index (χ1n) is 4.31. The van der Waals surface area contributed by atoms with E-state index in [0.717, 1.165) is 14.2 Å². The van der Waals surface area contributed by atoms with Crippen LogP contribution in [0.2, 0.25) is 0 Å². The van der Waals surface area contributed by atoms with Gasteiger partial charge in [0.25, 0.3) is 0 Å². The van der Waals surface area contributed by atoms with E-state index in [1.165, 1.54) is 6.92 Å². The predicted molar refractivity (Wildman–Crippen MR) is 53.7 cm³/mol. The molecule has 16 heavy (non-hydrogen) atoms. The Morgan fingerprint density at radius 2 is 1.94 bits per heavy atom. The van der Waals surface area contributed by atoms with Crippen LogP contribution in [-0.2, 0) is 24.5 Å². The second-order valence-electron chi connectivity index (χ2n) is 2.66. The molecule has 0 rings (SSSR count). The molecule has 0 radical (unpaired) electrons. The lowest BCUT2D eigenvalue weighted by Gasteiger charge is -2.15. The summed E-state index contributed by atoms with van der Waals surface area (Å²) in [6, 6.07) is 0. The lowest BCUT2D eigenvalue weighted by atomic mass is 10.7. The van der Waals surface area contributed by atoms with Crippen molar-refractivity contribution in [3.63, 3.8) is 0 Å². The third-order valence-corrected chi connectivity index (χ3v) is 2.85. The summed E-state index contributed by atoms with van der Waals surface area (Å²) >= 11 is 0. The summed E-state index contributed by atoms with van der Waals surface area (Å²) in [7, 11) is -1.83. The quantitative estimate of drug-likeness (QED) is 0.637. The van der Waals surface area contributed by atoms with Gasteiger partial charge in [-0.2, -0.15) is 12.7 Å². The van der Waals surface area contributed by atoms with E-state index < -0.39 is 28.8 Å². The van der Waals surface area contributed by atoms with Gasteiger partial charge in [0.05, 0.1) is 13.7 Å². The highest BCUT2D eigenvalue weighted by Gasteiger charge is 2.23. The Morgan fingerprint density at radius 1 is 1.38 bits per heavy atom. The number of rotatable bonds is 5. The molecule has 0 aliphatic heterocycles. The van der Waals surface area contributed by atoms with E-state index in [4.69, 9.17) is 0 Å². The van der Waals surface area contributed by atoms with E-state index in [2.05, 4.69) is 9.47 Å². The van der Waals surface area contributed by atoms with Crippen molar-refractivity contribution in [3.8, 4) is 0 Å². The van der Waals surface area contributed by atoms with Gasteiger partial charge in [-0.25, -0.2) is 9.52 Å². The molecular formula is C7H14N2O6S. The third-order valence-electron chi connectivity index (χ3n) is 1.48. The van der Waals surface area contributed by atoms with Crippen LogP contribution in [0.4, 0.5) is 4.79 Å². The van der Waals surface area contributed by atoms with Gasteiger partial charge in [-0.3, -0.25) is 4.79 Å². The SMILES string of the molecule is CCOC(=O)NS(=O)(=O)N(C)CC(=O)OC. The standard InChI is InChI=1S/C7H14N2O6S/c1-4-15-7(11)8-16(12,13)9(2)5-6(10)14-3/h4-5H2,1-3H3,(H,8,11). The molecule has 1 N–H and O–H groups in total. The number of amides is 1. The fourth-order valence-corrected chi connectivity index (χ4v) is 1.38. The zero-order valence-electron chi connectivity index (χ0n) is 9.22. The number of ether oxygens (including phenoxy) is 2. The van der Waals surface area contributed by atoms with E-state index in [9.17, 15) is 18.0 Å². The van der Waals surface area contributed by atoms with E-state index in [1.54, 1.807) is 4.72 Å². The van der Waals surface area contributed by atoms with Gasteiger partial charge >= 0.3 is 22.3 Å². The highest BCUT2D eigenvalue weighted by molar-refractivity contribution is 7.87. The second kappa shape index (κ2) is 6.28. The Morgan fingerprint density at radius 3 is 2.38 bits per heavy atom. The van der Waals surface area contributed by atoms with Crippen molar-refractivity contribution in [2.75, 3.05) is 27.3 Å². The molecule has 9 heteroatoms. The van der Waals surface area contributed by atoms with Crippen LogP contribution in [0.5, 0.6) is 0 Å². The Balaban J connectivity index is 4.43. The van der Waals surface area contributed by atoms with E-state index >= 15 is 0 Å². The largest absolute Gasteiger partial charge is 0.468 e. The highest BCUT2D eigenvalue weighted by Crippen LogP contribution is 1.95. The molecule has 0 atom stereocenters. The number of likely N-dealkylation sites (N-methyl/N-ethyl adjacent to an activating group) is 1. The Hall–Kier alpha value is -1.35. The Bertz CT molecular complexity index is 352. The molecule has 0 unspecified atom stereocenters. The molecule has 0 spiro atoms. The molecule has 0 saturated carbocycles. The zero-order chi connectivity index (χ0) is 12.8. The molecule has 0 aliphatic rings. The molecule has 94 valence electrons. The molecule has 0 fully saturated rings. The van der Waals surface area contributed by atoms with E-state index in [0.29, 0.717) is 4.31 Å². The molecule has 0 aromatic carbocycles. The van der Waals surface area contributed by atoms with Crippen molar-refractivity contribution in [2.45, 2.75) is 6.92 Å². The van der Waals surface area contributed by atoms with Crippen molar-refractivity contribution in [3.05, 3.63) is 0 Å². The number of nitrogens with one attached hydrogen (secondary N) is 1. The number of hydrogen-bond acceptors (Lipinski definition) is 6. The smallest absolute Gasteiger partial charge is 0.421 e. The van der Waals surface area contributed by atoms with Crippen LogP contribution in [0.15, 0.2) is 0 Å². The van der Waals surface area contributed by atoms with Crippen molar-refractivity contribution >= 4 is 22.3 Å². The van der Waals surface area contributed by atoms with Crippen molar-refractivity contribution < 1.29 is 27.5 Å². The lowest BCUT2D eigenvalue weighted by Crippen LogP contribution is -2.43. The Kier molecular flexibility index (Phi) is 5.75. The van der Waals surface area contributed by atoms with Crippen LogP contribution in [0.25, 0.3) is 0 Å². The van der Waals surface area contributed by atoms with Crippen LogP contribution in [0.1, 0.15) is 6.92 Å². The number of hydrogen-bond donors (Lipinski definition) is 1.